The van der Waals surface area contributed by atoms with E-state index in [2.05, 4.69) is 10.8 Å². The van der Waals surface area contributed by atoms with Crippen molar-refractivity contribution in [2.24, 2.45) is 0 Å². The summed E-state index contributed by atoms with van der Waals surface area (Å²) in [7, 11) is -0.473. The molecule has 1 amide bonds. The van der Waals surface area contributed by atoms with E-state index in [1.807, 2.05) is 66.7 Å². The monoisotopic (exact) mass is 390 g/mol. The lowest BCUT2D eigenvalue weighted by molar-refractivity contribution is 0.00578. The number of fused-ring (bicyclic) bond motifs is 1. The number of benzene rings is 1. The van der Waals surface area contributed by atoms with E-state index < -0.39 is 30.0 Å². The number of hydrogen-bond acceptors (Lipinski definition) is 6. The molecule has 2 aliphatic rings. The van der Waals surface area contributed by atoms with Crippen molar-refractivity contribution in [3.05, 3.63) is 23.8 Å². The molecule has 1 unspecified atom stereocenters. The molecule has 1 aromatic rings. The summed E-state index contributed by atoms with van der Waals surface area (Å²) < 4.78 is 17.7. The lowest BCUT2D eigenvalue weighted by Crippen LogP contribution is -2.41. The molecule has 1 saturated heterocycles. The number of carbonyl (C=O) groups excluding carboxylic acids is 1. The molecule has 154 valence electrons. The van der Waals surface area contributed by atoms with E-state index in [4.69, 9.17) is 18.9 Å². The summed E-state index contributed by atoms with van der Waals surface area (Å²) in [5, 5.41) is 2.94. The summed E-state index contributed by atoms with van der Waals surface area (Å²) in [6.45, 7) is 14.2. The van der Waals surface area contributed by atoms with Gasteiger partial charge in [0.05, 0.1) is 17.2 Å². The highest BCUT2D eigenvalue weighted by Gasteiger charge is 2.51. The molecule has 3 rings (SSSR count). The summed E-state index contributed by atoms with van der Waals surface area (Å²) in [6, 6.07) is 5.59. The Labute approximate surface area is 167 Å². The van der Waals surface area contributed by atoms with Crippen LogP contribution in [0.3, 0.4) is 0 Å². The zero-order valence-corrected chi connectivity index (χ0v) is 17.8. The first-order valence-electron chi connectivity index (χ1n) is 9.77. The maximum atomic E-state index is 12.2. The fourth-order valence-corrected chi connectivity index (χ4v) is 3.14. The van der Waals surface area contributed by atoms with Crippen LogP contribution in [0.25, 0.3) is 0 Å². The number of amides is 1. The smallest absolute Gasteiger partial charge is 0.444 e. The maximum Gasteiger partial charge on any atom is 0.494 e. The lowest BCUT2D eigenvalue weighted by Gasteiger charge is -2.32. The van der Waals surface area contributed by atoms with Crippen molar-refractivity contribution >= 4 is 18.7 Å². The normalized spacial score (nSPS) is 23.4. The van der Waals surface area contributed by atoms with Gasteiger partial charge in [-0.25, -0.2) is 4.79 Å². The van der Waals surface area contributed by atoms with Gasteiger partial charge in [0.25, 0.3) is 0 Å². The van der Waals surface area contributed by atoms with Crippen LogP contribution in [-0.2, 0) is 14.0 Å². The number of ether oxygens (including phenoxy) is 1. The van der Waals surface area contributed by atoms with Gasteiger partial charge < -0.3 is 24.2 Å². The Kier molecular flexibility index (Phi) is 5.42. The van der Waals surface area contributed by atoms with Crippen molar-refractivity contribution in [2.75, 3.05) is 6.54 Å². The van der Waals surface area contributed by atoms with E-state index in [0.29, 0.717) is 18.7 Å². The van der Waals surface area contributed by atoms with E-state index in [0.717, 1.165) is 11.0 Å². The van der Waals surface area contributed by atoms with Crippen LogP contribution in [0.1, 0.15) is 66.5 Å². The second kappa shape index (κ2) is 7.24. The third-order valence-electron chi connectivity index (χ3n) is 5.35. The summed E-state index contributed by atoms with van der Waals surface area (Å²) >= 11 is 0. The number of carbonyl (C=O) groups is 1. The predicted octanol–water partition coefficient (Wildman–Crippen LogP) is 2.84. The van der Waals surface area contributed by atoms with Crippen molar-refractivity contribution in [2.45, 2.75) is 77.7 Å². The van der Waals surface area contributed by atoms with Gasteiger partial charge in [0.2, 0.25) is 0 Å². The minimum absolute atomic E-state index is 0.216. The molecule has 1 fully saturated rings. The third-order valence-corrected chi connectivity index (χ3v) is 5.35. The van der Waals surface area contributed by atoms with Gasteiger partial charge in [-0.3, -0.25) is 0 Å². The van der Waals surface area contributed by atoms with Crippen molar-refractivity contribution in [3.8, 4) is 5.75 Å². The van der Waals surface area contributed by atoms with Crippen LogP contribution < -0.4 is 21.1 Å². The van der Waals surface area contributed by atoms with Crippen LogP contribution in [0.2, 0.25) is 0 Å². The van der Waals surface area contributed by atoms with Crippen LogP contribution in [0.15, 0.2) is 18.2 Å². The number of nitrogens with one attached hydrogen (secondary N) is 2. The largest absolute Gasteiger partial charge is 0.494 e. The average Bonchev–Trinajstić information content (AvgIpc) is 2.68. The molecule has 8 heteroatoms. The van der Waals surface area contributed by atoms with Gasteiger partial charge in [-0.05, 0) is 66.4 Å². The Morgan fingerprint density at radius 1 is 1.21 bits per heavy atom. The van der Waals surface area contributed by atoms with E-state index in [1.165, 1.54) is 0 Å². The molecule has 2 N–H and O–H groups in total. The first-order valence-corrected chi connectivity index (χ1v) is 9.77. The van der Waals surface area contributed by atoms with Crippen LogP contribution in [0.4, 0.5) is 4.79 Å². The number of hydrogen-bond donors (Lipinski definition) is 2. The quantitative estimate of drug-likeness (QED) is 0.757. The second-order valence-corrected chi connectivity index (χ2v) is 9.37. The first-order chi connectivity index (χ1) is 12.9. The SMILES string of the molecule is CC(C)(C)OC(=O)NC1CCNOc2cc(B3OC(C)(C)C(C)(C)O3)ccc21. The van der Waals surface area contributed by atoms with Crippen LogP contribution in [-0.4, -0.2) is 36.6 Å². The van der Waals surface area contributed by atoms with Crippen molar-refractivity contribution in [3.63, 3.8) is 0 Å². The van der Waals surface area contributed by atoms with Crippen LogP contribution in [0.5, 0.6) is 5.75 Å². The molecule has 1 atom stereocenters. The highest BCUT2D eigenvalue weighted by atomic mass is 16.7. The number of hydroxylamine groups is 1. The summed E-state index contributed by atoms with van der Waals surface area (Å²) in [5.74, 6) is 0.644. The standard InChI is InChI=1S/C20H31BN2O5/c1-18(2,3)25-17(24)23-15-10-11-22-26-16-12-13(8-9-14(15)16)21-27-19(4,5)20(6,7)28-21/h8-9,12,15,22H,10-11H2,1-7H3,(H,23,24). The molecule has 0 aromatic heterocycles. The van der Waals surface area contributed by atoms with Gasteiger partial charge in [-0.15, -0.1) is 0 Å². The lowest BCUT2D eigenvalue weighted by atomic mass is 9.78. The Bertz CT molecular complexity index is 729. The van der Waals surface area contributed by atoms with E-state index in [-0.39, 0.29) is 6.04 Å². The molecular weight excluding hydrogens is 359 g/mol. The number of rotatable bonds is 2. The van der Waals surface area contributed by atoms with Gasteiger partial charge in [0.1, 0.15) is 5.60 Å². The Hall–Kier alpha value is -1.77. The Morgan fingerprint density at radius 3 is 2.46 bits per heavy atom. The summed E-state index contributed by atoms with van der Waals surface area (Å²) in [6.07, 6.45) is 0.239. The van der Waals surface area contributed by atoms with E-state index >= 15 is 0 Å². The summed E-state index contributed by atoms with van der Waals surface area (Å²) in [5.41, 5.74) is 3.32. The maximum absolute atomic E-state index is 12.2. The third kappa shape index (κ3) is 4.45. The molecule has 2 aliphatic heterocycles. The fraction of sp³-hybridized carbons (Fsp3) is 0.650. The Morgan fingerprint density at radius 2 is 1.86 bits per heavy atom. The fourth-order valence-electron chi connectivity index (χ4n) is 3.14. The highest BCUT2D eigenvalue weighted by molar-refractivity contribution is 6.62. The van der Waals surface area contributed by atoms with E-state index in [1.54, 1.807) is 0 Å². The first kappa shape index (κ1) is 21.0. The van der Waals surface area contributed by atoms with Gasteiger partial charge in [-0.2, -0.15) is 5.48 Å². The van der Waals surface area contributed by atoms with Gasteiger partial charge >= 0.3 is 13.2 Å². The molecule has 0 radical (unpaired) electrons. The van der Waals surface area contributed by atoms with Crippen LogP contribution >= 0.6 is 0 Å². The molecule has 0 bridgehead atoms. The molecule has 2 heterocycles. The van der Waals surface area contributed by atoms with Crippen molar-refractivity contribution in [1.82, 2.24) is 10.8 Å². The molecule has 0 saturated carbocycles. The molecule has 28 heavy (non-hydrogen) atoms. The minimum Gasteiger partial charge on any atom is -0.444 e. The molecular formula is C20H31BN2O5. The zero-order valence-electron chi connectivity index (χ0n) is 17.8. The summed E-state index contributed by atoms with van der Waals surface area (Å²) in [4.78, 5) is 17.9. The molecule has 0 spiro atoms. The second-order valence-electron chi connectivity index (χ2n) is 9.37. The molecule has 0 aliphatic carbocycles. The van der Waals surface area contributed by atoms with Crippen molar-refractivity contribution < 1.29 is 23.7 Å². The van der Waals surface area contributed by atoms with Gasteiger partial charge in [-0.1, -0.05) is 12.1 Å². The van der Waals surface area contributed by atoms with Crippen LogP contribution in [0, 0.1) is 0 Å². The molecule has 7 nitrogen and oxygen atoms in total. The average molecular weight is 390 g/mol. The predicted molar refractivity (Wildman–Crippen MR) is 108 cm³/mol. The van der Waals surface area contributed by atoms with E-state index in [9.17, 15) is 4.79 Å². The minimum atomic E-state index is -0.549. The molecule has 1 aromatic carbocycles. The van der Waals surface area contributed by atoms with Gasteiger partial charge in [0.15, 0.2) is 5.75 Å². The Balaban J connectivity index is 1.81. The topological polar surface area (TPSA) is 78.1 Å². The van der Waals surface area contributed by atoms with Gasteiger partial charge in [0, 0.05) is 12.1 Å². The number of alkyl carbamates (subject to hydrolysis) is 1. The highest BCUT2D eigenvalue weighted by Crippen LogP contribution is 2.37. The van der Waals surface area contributed by atoms with Crippen molar-refractivity contribution in [1.29, 1.82) is 0 Å². The zero-order chi connectivity index (χ0) is 20.7.